The predicted octanol–water partition coefficient (Wildman–Crippen LogP) is 8.21. The van der Waals surface area contributed by atoms with Crippen molar-refractivity contribution in [2.24, 2.45) is 10.9 Å². The number of nitrogens with zero attached hydrogens (tertiary/aromatic N) is 1. The second-order valence-electron chi connectivity index (χ2n) is 9.13. The zero-order valence-electron chi connectivity index (χ0n) is 22.8. The summed E-state index contributed by atoms with van der Waals surface area (Å²) in [6.45, 7) is 13.4. The molecule has 2 aromatic rings. The van der Waals surface area contributed by atoms with E-state index in [2.05, 4.69) is 62.6 Å². The number of hydrogen-bond donors (Lipinski definition) is 2. The minimum absolute atomic E-state index is 0.122. The van der Waals surface area contributed by atoms with E-state index in [4.69, 9.17) is 9.73 Å². The summed E-state index contributed by atoms with van der Waals surface area (Å²) in [7, 11) is 0. The first-order valence-electron chi connectivity index (χ1n) is 13.7. The fourth-order valence-electron chi connectivity index (χ4n) is 3.96. The second-order valence-corrected chi connectivity index (χ2v) is 9.13. The number of unbranched alkanes of at least 4 members (excludes halogenated alkanes) is 3. The number of amidine groups is 1. The van der Waals surface area contributed by atoms with Crippen LogP contribution in [0.5, 0.6) is 5.75 Å². The van der Waals surface area contributed by atoms with Gasteiger partial charge < -0.3 is 15.4 Å². The summed E-state index contributed by atoms with van der Waals surface area (Å²) in [6, 6.07) is 18.4. The second kappa shape index (κ2) is 16.0. The number of rotatable bonds is 9. The summed E-state index contributed by atoms with van der Waals surface area (Å²) in [5.74, 6) is 2.58. The van der Waals surface area contributed by atoms with E-state index in [9.17, 15) is 0 Å². The summed E-state index contributed by atoms with van der Waals surface area (Å²) in [6.07, 6.45) is 10.4. The molecule has 1 aliphatic heterocycles. The lowest BCUT2D eigenvalue weighted by atomic mass is 10.1. The molecule has 2 atom stereocenters. The molecule has 2 unspecified atom stereocenters. The van der Waals surface area contributed by atoms with Crippen LogP contribution in [0.3, 0.4) is 0 Å². The van der Waals surface area contributed by atoms with Crippen molar-refractivity contribution < 1.29 is 4.74 Å². The van der Waals surface area contributed by atoms with Crippen LogP contribution in [-0.4, -0.2) is 24.7 Å². The van der Waals surface area contributed by atoms with Gasteiger partial charge in [-0.15, -0.1) is 0 Å². The number of aliphatic imine (C=N–C) groups is 1. The van der Waals surface area contributed by atoms with Crippen LogP contribution in [0.2, 0.25) is 0 Å². The fourth-order valence-corrected chi connectivity index (χ4v) is 3.96. The van der Waals surface area contributed by atoms with Crippen molar-refractivity contribution in [1.29, 1.82) is 0 Å². The minimum Gasteiger partial charge on any atom is -0.489 e. The number of para-hydroxylation sites is 2. The lowest BCUT2D eigenvalue weighted by Gasteiger charge is -2.27. The van der Waals surface area contributed by atoms with E-state index >= 15 is 0 Å². The van der Waals surface area contributed by atoms with E-state index in [0.717, 1.165) is 28.8 Å². The highest BCUT2D eigenvalue weighted by molar-refractivity contribution is 6.05. The normalized spacial score (nSPS) is 17.3. The monoisotopic (exact) mass is 477 g/mol. The number of ether oxygens (including phenoxy) is 1. The molecule has 0 amide bonds. The predicted molar refractivity (Wildman–Crippen MR) is 153 cm³/mol. The van der Waals surface area contributed by atoms with Crippen molar-refractivity contribution in [3.05, 3.63) is 71.8 Å². The highest BCUT2D eigenvalue weighted by atomic mass is 16.5. The maximum Gasteiger partial charge on any atom is 0.155 e. The molecule has 2 N–H and O–H groups in total. The number of nitrogens with one attached hydrogen (secondary N) is 2. The van der Waals surface area contributed by atoms with E-state index in [1.807, 2.05) is 50.2 Å². The quantitative estimate of drug-likeness (QED) is 0.282. The van der Waals surface area contributed by atoms with Crippen molar-refractivity contribution in [3.63, 3.8) is 0 Å². The van der Waals surface area contributed by atoms with Crippen LogP contribution in [0.15, 0.2) is 71.2 Å². The lowest BCUT2D eigenvalue weighted by molar-refractivity contribution is 0.299. The Hall–Kier alpha value is -2.75. The van der Waals surface area contributed by atoms with Crippen LogP contribution < -0.4 is 15.4 Å². The molecule has 4 rings (SSSR count). The number of allylic oxidation sites excluding steroid dienone is 1. The molecule has 2 aliphatic rings. The van der Waals surface area contributed by atoms with Gasteiger partial charge in [-0.2, -0.15) is 0 Å². The van der Waals surface area contributed by atoms with Gasteiger partial charge in [0.2, 0.25) is 0 Å². The van der Waals surface area contributed by atoms with E-state index in [1.54, 1.807) is 0 Å². The molecule has 1 saturated carbocycles. The molecule has 4 nitrogen and oxygen atoms in total. The molecule has 4 heteroatoms. The third-order valence-electron chi connectivity index (χ3n) is 6.00. The largest absolute Gasteiger partial charge is 0.489 e. The van der Waals surface area contributed by atoms with E-state index in [0.29, 0.717) is 6.61 Å². The molecule has 1 aliphatic carbocycles. The van der Waals surface area contributed by atoms with Crippen LogP contribution in [0.1, 0.15) is 85.6 Å². The zero-order valence-corrected chi connectivity index (χ0v) is 22.8. The summed E-state index contributed by atoms with van der Waals surface area (Å²) in [5, 5.41) is 7.07. The zero-order chi connectivity index (χ0) is 25.5. The first-order chi connectivity index (χ1) is 17.1. The Balaban J connectivity index is 0.000000474. The molecule has 2 aromatic carbocycles. The Morgan fingerprint density at radius 3 is 2.29 bits per heavy atom. The van der Waals surface area contributed by atoms with Crippen molar-refractivity contribution >= 4 is 11.5 Å². The highest BCUT2D eigenvalue weighted by Gasteiger charge is 2.24. The van der Waals surface area contributed by atoms with Crippen molar-refractivity contribution in [2.45, 2.75) is 92.3 Å². The van der Waals surface area contributed by atoms with E-state index in [-0.39, 0.29) is 12.2 Å². The van der Waals surface area contributed by atoms with Crippen LogP contribution in [-0.2, 0) is 0 Å². The van der Waals surface area contributed by atoms with Crippen LogP contribution >= 0.6 is 0 Å². The SMILES string of the molecule is C/C(=C\C(C)NC1=NC(COc2ccccc2)Nc2ccccc21)C1CC1.CC.CCCCCC. The standard InChI is InChI=1S/C23H27N3O.C6H14.C2H6/c1-16(18-12-13-18)14-17(2)24-23-20-10-6-7-11-21(20)25-22(26-23)15-27-19-8-4-3-5-9-19;1-3-5-6-4-2;1-2/h3-11,14,17-18,22,25H,12-13,15H2,1-2H3,(H,24,26);3-6H2,1-2H3;1-2H3/b16-14+;;. The number of fused-ring (bicyclic) bond motifs is 1. The maximum absolute atomic E-state index is 5.91. The summed E-state index contributed by atoms with van der Waals surface area (Å²) < 4.78 is 5.91. The van der Waals surface area contributed by atoms with E-state index in [1.165, 1.54) is 44.1 Å². The molecule has 192 valence electrons. The average Bonchev–Trinajstić information content (AvgIpc) is 3.74. The molecule has 0 radical (unpaired) electrons. The lowest BCUT2D eigenvalue weighted by Crippen LogP contribution is -2.39. The molecule has 0 saturated heterocycles. The van der Waals surface area contributed by atoms with Gasteiger partial charge in [-0.1, -0.05) is 95.4 Å². The summed E-state index contributed by atoms with van der Waals surface area (Å²) >= 11 is 0. The molecule has 1 fully saturated rings. The van der Waals surface area contributed by atoms with Crippen LogP contribution in [0.4, 0.5) is 5.69 Å². The Labute approximate surface area is 214 Å². The Morgan fingerprint density at radius 1 is 1.03 bits per heavy atom. The highest BCUT2D eigenvalue weighted by Crippen LogP contribution is 2.36. The van der Waals surface area contributed by atoms with Gasteiger partial charge in [-0.05, 0) is 56.9 Å². The molecule has 0 aromatic heterocycles. The third kappa shape index (κ3) is 10.2. The molecule has 1 heterocycles. The molecular formula is C31H47N3O. The first-order valence-corrected chi connectivity index (χ1v) is 13.7. The Morgan fingerprint density at radius 2 is 1.66 bits per heavy atom. The van der Waals surface area contributed by atoms with E-state index < -0.39 is 0 Å². The van der Waals surface area contributed by atoms with Crippen molar-refractivity contribution in [1.82, 2.24) is 5.32 Å². The van der Waals surface area contributed by atoms with Gasteiger partial charge in [0, 0.05) is 17.3 Å². The smallest absolute Gasteiger partial charge is 0.155 e. The number of anilines is 1. The maximum atomic E-state index is 5.91. The summed E-state index contributed by atoms with van der Waals surface area (Å²) in [5.41, 5.74) is 3.69. The minimum atomic E-state index is -0.122. The van der Waals surface area contributed by atoms with Gasteiger partial charge in [0.1, 0.15) is 18.2 Å². The van der Waals surface area contributed by atoms with Crippen molar-refractivity contribution in [2.75, 3.05) is 11.9 Å². The summed E-state index contributed by atoms with van der Waals surface area (Å²) in [4.78, 5) is 4.89. The van der Waals surface area contributed by atoms with Gasteiger partial charge >= 0.3 is 0 Å². The number of benzene rings is 2. The third-order valence-corrected chi connectivity index (χ3v) is 6.00. The number of hydrogen-bond acceptors (Lipinski definition) is 4. The Kier molecular flexibility index (Phi) is 13.0. The molecule has 35 heavy (non-hydrogen) atoms. The fraction of sp³-hybridized carbons (Fsp3) is 0.516. The van der Waals surface area contributed by atoms with Gasteiger partial charge in [0.25, 0.3) is 0 Å². The molecular weight excluding hydrogens is 430 g/mol. The van der Waals surface area contributed by atoms with Gasteiger partial charge in [-0.3, -0.25) is 0 Å². The Bertz CT molecular complexity index is 898. The average molecular weight is 478 g/mol. The van der Waals surface area contributed by atoms with Crippen LogP contribution in [0, 0.1) is 5.92 Å². The van der Waals surface area contributed by atoms with Crippen LogP contribution in [0.25, 0.3) is 0 Å². The van der Waals surface area contributed by atoms with Gasteiger partial charge in [-0.25, -0.2) is 4.99 Å². The van der Waals surface area contributed by atoms with Gasteiger partial charge in [0.05, 0.1) is 0 Å². The van der Waals surface area contributed by atoms with Crippen molar-refractivity contribution in [3.8, 4) is 5.75 Å². The molecule has 0 spiro atoms. The first kappa shape index (κ1) is 28.5. The molecule has 0 bridgehead atoms. The topological polar surface area (TPSA) is 45.7 Å². The van der Waals surface area contributed by atoms with Gasteiger partial charge in [0.15, 0.2) is 6.17 Å².